The molecule has 0 fully saturated rings. The van der Waals surface area contributed by atoms with Crippen molar-refractivity contribution >= 4 is 0 Å². The van der Waals surface area contributed by atoms with Crippen molar-refractivity contribution < 1.29 is 10.2 Å². The zero-order valence-electron chi connectivity index (χ0n) is 8.21. The molecule has 0 aliphatic heterocycles. The summed E-state index contributed by atoms with van der Waals surface area (Å²) in [5.74, 6) is 0. The van der Waals surface area contributed by atoms with E-state index in [0.29, 0.717) is 0 Å². The monoisotopic (exact) mass is 184 g/mol. The SMILES string of the molecule is C=CCC(CO)(CC=C)CCCO. The molecule has 2 heteroatoms. The van der Waals surface area contributed by atoms with Gasteiger partial charge in [0.05, 0.1) is 0 Å². The Morgan fingerprint density at radius 1 is 1.08 bits per heavy atom. The molecule has 0 radical (unpaired) electrons. The summed E-state index contributed by atoms with van der Waals surface area (Å²) in [6, 6.07) is 0. The van der Waals surface area contributed by atoms with Crippen molar-refractivity contribution in [1.82, 2.24) is 0 Å². The van der Waals surface area contributed by atoms with Crippen molar-refractivity contribution in [3.8, 4) is 0 Å². The Hall–Kier alpha value is -0.600. The van der Waals surface area contributed by atoms with Crippen molar-refractivity contribution in [2.24, 2.45) is 5.41 Å². The minimum absolute atomic E-state index is 0.130. The Kier molecular flexibility index (Phi) is 6.55. The van der Waals surface area contributed by atoms with Gasteiger partial charge in [-0.05, 0) is 25.7 Å². The molecule has 0 saturated carbocycles. The van der Waals surface area contributed by atoms with E-state index in [1.54, 1.807) is 0 Å². The highest BCUT2D eigenvalue weighted by Crippen LogP contribution is 2.32. The van der Waals surface area contributed by atoms with Crippen LogP contribution in [-0.2, 0) is 0 Å². The van der Waals surface area contributed by atoms with Crippen LogP contribution in [0.4, 0.5) is 0 Å². The van der Waals surface area contributed by atoms with E-state index in [1.165, 1.54) is 0 Å². The van der Waals surface area contributed by atoms with Gasteiger partial charge in [0, 0.05) is 18.6 Å². The van der Waals surface area contributed by atoms with Crippen LogP contribution in [0.3, 0.4) is 0 Å². The standard InChI is InChI=1S/C11H20O2/c1-3-6-11(10-13,7-4-2)8-5-9-12/h3-4,12-13H,1-2,5-10H2. The molecule has 0 aromatic heterocycles. The van der Waals surface area contributed by atoms with Gasteiger partial charge in [0.15, 0.2) is 0 Å². The van der Waals surface area contributed by atoms with E-state index in [4.69, 9.17) is 5.11 Å². The highest BCUT2D eigenvalue weighted by molar-refractivity contribution is 4.91. The van der Waals surface area contributed by atoms with Crippen LogP contribution in [-0.4, -0.2) is 23.4 Å². The first kappa shape index (κ1) is 12.4. The van der Waals surface area contributed by atoms with Crippen LogP contribution in [0.1, 0.15) is 25.7 Å². The van der Waals surface area contributed by atoms with E-state index >= 15 is 0 Å². The molecule has 0 aliphatic rings. The summed E-state index contributed by atoms with van der Waals surface area (Å²) in [5.41, 5.74) is -0.147. The second-order valence-corrected chi connectivity index (χ2v) is 3.47. The Morgan fingerprint density at radius 3 is 1.92 bits per heavy atom. The van der Waals surface area contributed by atoms with Crippen molar-refractivity contribution in [3.63, 3.8) is 0 Å². The summed E-state index contributed by atoms with van der Waals surface area (Å²) >= 11 is 0. The lowest BCUT2D eigenvalue weighted by Crippen LogP contribution is -2.24. The summed E-state index contributed by atoms with van der Waals surface area (Å²) in [6.07, 6.45) is 6.72. The lowest BCUT2D eigenvalue weighted by atomic mass is 9.78. The van der Waals surface area contributed by atoms with Gasteiger partial charge in [-0.15, -0.1) is 13.2 Å². The summed E-state index contributed by atoms with van der Waals surface area (Å²) in [5, 5.41) is 18.0. The van der Waals surface area contributed by atoms with Crippen LogP contribution in [0.15, 0.2) is 25.3 Å². The van der Waals surface area contributed by atoms with Crippen LogP contribution in [0.5, 0.6) is 0 Å². The van der Waals surface area contributed by atoms with Gasteiger partial charge in [0.2, 0.25) is 0 Å². The van der Waals surface area contributed by atoms with Gasteiger partial charge in [-0.2, -0.15) is 0 Å². The third kappa shape index (κ3) is 4.25. The average Bonchev–Trinajstić information content (AvgIpc) is 2.15. The lowest BCUT2D eigenvalue weighted by molar-refractivity contribution is 0.109. The molecule has 13 heavy (non-hydrogen) atoms. The molecular formula is C11H20O2. The second kappa shape index (κ2) is 6.87. The third-order valence-corrected chi connectivity index (χ3v) is 2.36. The highest BCUT2D eigenvalue weighted by Gasteiger charge is 2.25. The predicted molar refractivity (Wildman–Crippen MR) is 55.5 cm³/mol. The molecule has 0 amide bonds. The summed E-state index contributed by atoms with van der Waals surface area (Å²) < 4.78 is 0. The van der Waals surface area contributed by atoms with E-state index in [-0.39, 0.29) is 18.6 Å². The predicted octanol–water partition coefficient (Wildman–Crippen LogP) is 1.89. The number of allylic oxidation sites excluding steroid dienone is 2. The molecular weight excluding hydrogens is 164 g/mol. The number of rotatable bonds is 8. The maximum absolute atomic E-state index is 9.29. The minimum atomic E-state index is -0.147. The molecule has 0 rings (SSSR count). The second-order valence-electron chi connectivity index (χ2n) is 3.47. The molecule has 2 N–H and O–H groups in total. The average molecular weight is 184 g/mol. The van der Waals surface area contributed by atoms with Gasteiger partial charge in [-0.25, -0.2) is 0 Å². The van der Waals surface area contributed by atoms with Crippen molar-refractivity contribution in [1.29, 1.82) is 0 Å². The summed E-state index contributed by atoms with van der Waals surface area (Å²) in [4.78, 5) is 0. The van der Waals surface area contributed by atoms with Gasteiger partial charge >= 0.3 is 0 Å². The molecule has 0 spiro atoms. The molecule has 0 heterocycles. The molecule has 0 aromatic carbocycles. The molecule has 0 bridgehead atoms. The van der Waals surface area contributed by atoms with Crippen molar-refractivity contribution in [2.45, 2.75) is 25.7 Å². The third-order valence-electron chi connectivity index (χ3n) is 2.36. The van der Waals surface area contributed by atoms with Crippen LogP contribution >= 0.6 is 0 Å². The van der Waals surface area contributed by atoms with Gasteiger partial charge < -0.3 is 10.2 Å². The Bertz CT molecular complexity index is 142. The minimum Gasteiger partial charge on any atom is -0.396 e. The molecule has 0 aliphatic carbocycles. The topological polar surface area (TPSA) is 40.5 Å². The zero-order valence-corrected chi connectivity index (χ0v) is 8.21. The fourth-order valence-electron chi connectivity index (χ4n) is 1.56. The smallest absolute Gasteiger partial charge is 0.0493 e. The molecule has 0 saturated heterocycles. The van der Waals surface area contributed by atoms with E-state index in [2.05, 4.69) is 13.2 Å². The molecule has 2 nitrogen and oxygen atoms in total. The first-order valence-corrected chi connectivity index (χ1v) is 4.68. The Balaban J connectivity index is 4.23. The van der Waals surface area contributed by atoms with Crippen LogP contribution in [0.25, 0.3) is 0 Å². The van der Waals surface area contributed by atoms with Crippen LogP contribution < -0.4 is 0 Å². The number of aliphatic hydroxyl groups is 2. The zero-order chi connectivity index (χ0) is 10.2. The Morgan fingerprint density at radius 2 is 1.62 bits per heavy atom. The van der Waals surface area contributed by atoms with E-state index in [9.17, 15) is 5.11 Å². The van der Waals surface area contributed by atoms with Gasteiger partial charge in [-0.1, -0.05) is 12.2 Å². The maximum atomic E-state index is 9.29. The van der Waals surface area contributed by atoms with Crippen LogP contribution in [0.2, 0.25) is 0 Å². The fourth-order valence-corrected chi connectivity index (χ4v) is 1.56. The number of hydrogen-bond acceptors (Lipinski definition) is 2. The van der Waals surface area contributed by atoms with E-state index in [0.717, 1.165) is 25.7 Å². The summed E-state index contributed by atoms with van der Waals surface area (Å²) in [7, 11) is 0. The van der Waals surface area contributed by atoms with E-state index in [1.807, 2.05) is 12.2 Å². The largest absolute Gasteiger partial charge is 0.396 e. The summed E-state index contributed by atoms with van der Waals surface area (Å²) in [6.45, 7) is 7.66. The van der Waals surface area contributed by atoms with Gasteiger partial charge in [0.1, 0.15) is 0 Å². The van der Waals surface area contributed by atoms with Crippen LogP contribution in [0, 0.1) is 5.41 Å². The molecule has 0 unspecified atom stereocenters. The molecule has 0 atom stereocenters. The first-order chi connectivity index (χ1) is 6.24. The first-order valence-electron chi connectivity index (χ1n) is 4.68. The Labute approximate surface area is 80.6 Å². The highest BCUT2D eigenvalue weighted by atomic mass is 16.3. The number of hydrogen-bond donors (Lipinski definition) is 2. The molecule has 0 aromatic rings. The molecule has 76 valence electrons. The van der Waals surface area contributed by atoms with Gasteiger partial charge in [0.25, 0.3) is 0 Å². The van der Waals surface area contributed by atoms with Gasteiger partial charge in [-0.3, -0.25) is 0 Å². The number of aliphatic hydroxyl groups excluding tert-OH is 2. The maximum Gasteiger partial charge on any atom is 0.0493 e. The normalized spacial score (nSPS) is 11.2. The quantitative estimate of drug-likeness (QED) is 0.565. The van der Waals surface area contributed by atoms with Crippen molar-refractivity contribution in [2.75, 3.05) is 13.2 Å². The van der Waals surface area contributed by atoms with Crippen molar-refractivity contribution in [3.05, 3.63) is 25.3 Å². The lowest BCUT2D eigenvalue weighted by Gasteiger charge is -2.29. The fraction of sp³-hybridized carbons (Fsp3) is 0.636. The van der Waals surface area contributed by atoms with E-state index < -0.39 is 0 Å².